The fourth-order valence-electron chi connectivity index (χ4n) is 4.60. The lowest BCUT2D eigenvalue weighted by Crippen LogP contribution is -2.40. The van der Waals surface area contributed by atoms with Gasteiger partial charge in [0, 0.05) is 13.2 Å². The van der Waals surface area contributed by atoms with Crippen LogP contribution in [0, 0.1) is 0 Å². The molecule has 0 atom stereocenters. The monoisotopic (exact) mass is 473 g/mol. The smallest absolute Gasteiger partial charge is 0.192 e. The largest absolute Gasteiger partial charge is 0.416 e. The predicted molar refractivity (Wildman–Crippen MR) is 148 cm³/mol. The Morgan fingerprint density at radius 1 is 0.581 bits per heavy atom. The molecule has 31 heavy (non-hydrogen) atoms. The number of likely N-dealkylation sites (N-methyl/N-ethyl adjacent to an activating group) is 1. The average Bonchev–Trinajstić information content (AvgIpc) is 2.75. The minimum atomic E-state index is -1.62. The highest BCUT2D eigenvalue weighted by Crippen LogP contribution is 2.30. The van der Waals surface area contributed by atoms with E-state index in [-0.39, 0.29) is 0 Å². The van der Waals surface area contributed by atoms with Crippen LogP contribution < -0.4 is 0 Å². The van der Waals surface area contributed by atoms with Gasteiger partial charge in [-0.25, -0.2) is 0 Å². The molecule has 0 aliphatic heterocycles. The molecule has 0 unspecified atom stereocenters. The van der Waals surface area contributed by atoms with Crippen molar-refractivity contribution in [3.05, 3.63) is 0 Å². The summed E-state index contributed by atoms with van der Waals surface area (Å²) in [5.41, 5.74) is 0. The summed E-state index contributed by atoms with van der Waals surface area (Å²) in [7, 11) is 2.71. The number of hydrogen-bond donors (Lipinski definition) is 1. The van der Waals surface area contributed by atoms with E-state index in [0.717, 1.165) is 18.9 Å². The van der Waals surface area contributed by atoms with Gasteiger partial charge in [-0.3, -0.25) is 0 Å². The molecule has 0 aromatic carbocycles. The lowest BCUT2D eigenvalue weighted by molar-refractivity contribution is 0.245. The molecule has 0 fully saturated rings. The van der Waals surface area contributed by atoms with Gasteiger partial charge < -0.3 is 9.33 Å². The third kappa shape index (κ3) is 20.8. The molecule has 0 rings (SSSR count). The fourth-order valence-corrected chi connectivity index (χ4v) is 9.37. The number of thiol groups is 1. The maximum Gasteiger partial charge on any atom is 0.192 e. The van der Waals surface area contributed by atoms with Crippen LogP contribution in [-0.2, 0) is 4.43 Å². The van der Waals surface area contributed by atoms with E-state index in [0.29, 0.717) is 0 Å². The van der Waals surface area contributed by atoms with E-state index in [9.17, 15) is 0 Å². The van der Waals surface area contributed by atoms with Crippen LogP contribution in [0.15, 0.2) is 0 Å². The predicted octanol–water partition coefficient (Wildman–Crippen LogP) is 9.11. The molecule has 0 N–H and O–H groups in total. The number of unbranched alkanes of at least 4 members (excludes halogenated alkanes) is 14. The van der Waals surface area contributed by atoms with Crippen LogP contribution in [0.1, 0.15) is 123 Å². The Kier molecular flexibility index (Phi) is 24.0. The van der Waals surface area contributed by atoms with Crippen molar-refractivity contribution in [2.75, 3.05) is 33.0 Å². The molecular weight excluding hydrogens is 414 g/mol. The molecule has 0 aromatic heterocycles. The first kappa shape index (κ1) is 31.5. The van der Waals surface area contributed by atoms with Gasteiger partial charge in [-0.15, -0.1) is 0 Å². The zero-order valence-corrected chi connectivity index (χ0v) is 24.0. The van der Waals surface area contributed by atoms with Gasteiger partial charge >= 0.3 is 0 Å². The van der Waals surface area contributed by atoms with Gasteiger partial charge in [0.2, 0.25) is 0 Å². The van der Waals surface area contributed by atoms with Crippen LogP contribution in [-0.4, -0.2) is 46.2 Å². The minimum Gasteiger partial charge on any atom is -0.416 e. The standard InChI is InChI=1S/C27H59NOSSi/c1-5-7-9-11-13-15-17-19-25-31(27-21-24-30,29-23-22-28(3)4)26-20-18-16-14-12-10-8-6-2/h30H,5-27H2,1-4H3. The Morgan fingerprint density at radius 2 is 0.968 bits per heavy atom. The number of hydrogen-bond acceptors (Lipinski definition) is 3. The maximum atomic E-state index is 6.83. The van der Waals surface area contributed by atoms with E-state index in [1.54, 1.807) is 0 Å². The van der Waals surface area contributed by atoms with Gasteiger partial charge in [0.25, 0.3) is 0 Å². The van der Waals surface area contributed by atoms with Crippen molar-refractivity contribution in [3.8, 4) is 0 Å². The van der Waals surface area contributed by atoms with Crippen molar-refractivity contribution in [3.63, 3.8) is 0 Å². The quantitative estimate of drug-likeness (QED) is 0.0806. The van der Waals surface area contributed by atoms with Gasteiger partial charge in [-0.1, -0.05) is 117 Å². The molecule has 0 aromatic rings. The first-order valence-corrected chi connectivity index (χ1v) is 17.2. The molecule has 0 spiro atoms. The highest BCUT2D eigenvalue weighted by molar-refractivity contribution is 7.80. The summed E-state index contributed by atoms with van der Waals surface area (Å²) in [6.07, 6.45) is 23.9. The van der Waals surface area contributed by atoms with Gasteiger partial charge in [0.15, 0.2) is 8.32 Å². The van der Waals surface area contributed by atoms with E-state index in [4.69, 9.17) is 4.43 Å². The molecule has 188 valence electrons. The van der Waals surface area contributed by atoms with Crippen LogP contribution in [0.2, 0.25) is 18.1 Å². The molecule has 0 aliphatic rings. The summed E-state index contributed by atoms with van der Waals surface area (Å²) in [6.45, 7) is 6.60. The zero-order valence-electron chi connectivity index (χ0n) is 22.1. The van der Waals surface area contributed by atoms with E-state index in [2.05, 4.69) is 45.5 Å². The molecule has 0 amide bonds. The normalized spacial score (nSPS) is 12.2. The van der Waals surface area contributed by atoms with Crippen LogP contribution in [0.3, 0.4) is 0 Å². The molecule has 0 saturated carbocycles. The molecule has 0 heterocycles. The van der Waals surface area contributed by atoms with Crippen molar-refractivity contribution < 1.29 is 4.43 Å². The molecular formula is C27H59NOSSi. The van der Waals surface area contributed by atoms with Crippen LogP contribution in [0.25, 0.3) is 0 Å². The summed E-state index contributed by atoms with van der Waals surface area (Å²) in [6, 6.07) is 4.11. The second kappa shape index (κ2) is 23.6. The number of nitrogens with zero attached hydrogens (tertiary/aromatic N) is 1. The van der Waals surface area contributed by atoms with E-state index < -0.39 is 8.32 Å². The molecule has 0 radical (unpaired) electrons. The third-order valence-electron chi connectivity index (χ3n) is 6.71. The third-order valence-corrected chi connectivity index (χ3v) is 11.6. The minimum absolute atomic E-state index is 0.930. The topological polar surface area (TPSA) is 12.5 Å². The first-order chi connectivity index (χ1) is 15.1. The Hall–Kier alpha value is 0.487. The lowest BCUT2D eigenvalue weighted by atomic mass is 10.1. The molecule has 0 aliphatic carbocycles. The van der Waals surface area contributed by atoms with Crippen LogP contribution in [0.5, 0.6) is 0 Å². The van der Waals surface area contributed by atoms with Crippen LogP contribution >= 0.6 is 12.6 Å². The first-order valence-electron chi connectivity index (χ1n) is 14.0. The maximum absolute atomic E-state index is 6.83. The Bertz CT molecular complexity index is 334. The molecule has 0 bridgehead atoms. The van der Waals surface area contributed by atoms with Crippen LogP contribution in [0.4, 0.5) is 0 Å². The Balaban J connectivity index is 4.45. The number of rotatable bonds is 25. The van der Waals surface area contributed by atoms with E-state index in [1.807, 2.05) is 0 Å². The van der Waals surface area contributed by atoms with Gasteiger partial charge in [-0.05, 0) is 44.4 Å². The average molecular weight is 474 g/mol. The van der Waals surface area contributed by atoms with Crippen molar-refractivity contribution >= 4 is 20.9 Å². The van der Waals surface area contributed by atoms with Gasteiger partial charge in [-0.2, -0.15) is 12.6 Å². The zero-order chi connectivity index (χ0) is 23.0. The van der Waals surface area contributed by atoms with Gasteiger partial charge in [0.05, 0.1) is 0 Å². The molecule has 2 nitrogen and oxygen atoms in total. The summed E-state index contributed by atoms with van der Waals surface area (Å²) < 4.78 is 6.83. The summed E-state index contributed by atoms with van der Waals surface area (Å²) in [5, 5.41) is 0. The Labute approximate surface area is 204 Å². The van der Waals surface area contributed by atoms with Crippen molar-refractivity contribution in [1.82, 2.24) is 4.90 Å². The lowest BCUT2D eigenvalue weighted by Gasteiger charge is -2.32. The van der Waals surface area contributed by atoms with Crippen molar-refractivity contribution in [2.24, 2.45) is 0 Å². The van der Waals surface area contributed by atoms with Crippen molar-refractivity contribution in [2.45, 2.75) is 141 Å². The summed E-state index contributed by atoms with van der Waals surface area (Å²) in [5.74, 6) is 1.01. The second-order valence-electron chi connectivity index (χ2n) is 10.1. The van der Waals surface area contributed by atoms with E-state index in [1.165, 1.54) is 127 Å². The van der Waals surface area contributed by atoms with Crippen molar-refractivity contribution in [1.29, 1.82) is 0 Å². The fraction of sp³-hybridized carbons (Fsp3) is 1.00. The highest BCUT2D eigenvalue weighted by atomic mass is 32.1. The molecule has 0 saturated heterocycles. The van der Waals surface area contributed by atoms with Gasteiger partial charge in [0.1, 0.15) is 0 Å². The second-order valence-corrected chi connectivity index (χ2v) is 14.7. The SMILES string of the molecule is CCCCCCCCCC[Si](CCCS)(CCCCCCCCCC)OCCN(C)C. The van der Waals surface area contributed by atoms with E-state index >= 15 is 0 Å². The molecule has 4 heteroatoms. The Morgan fingerprint density at radius 3 is 1.35 bits per heavy atom. The summed E-state index contributed by atoms with van der Waals surface area (Å²) in [4.78, 5) is 2.27. The summed E-state index contributed by atoms with van der Waals surface area (Å²) >= 11 is 4.54. The highest BCUT2D eigenvalue weighted by Gasteiger charge is 2.33.